The lowest BCUT2D eigenvalue weighted by Gasteiger charge is -2.41. The van der Waals surface area contributed by atoms with Gasteiger partial charge in [-0.25, -0.2) is 0 Å². The van der Waals surface area contributed by atoms with Gasteiger partial charge in [-0.05, 0) is 6.42 Å². The Labute approximate surface area is 89.7 Å². The summed E-state index contributed by atoms with van der Waals surface area (Å²) in [4.78, 5) is 0. The van der Waals surface area contributed by atoms with E-state index in [0.717, 1.165) is 19.3 Å². The first kappa shape index (κ1) is 12.9. The molecule has 0 bridgehead atoms. The monoisotopic (exact) mass is 219 g/mol. The van der Waals surface area contributed by atoms with Crippen LogP contribution in [-0.4, -0.2) is 57.4 Å². The SMILES string of the molecule is CCCC[C@@H]1NC(CO)[C@H](O)[C@@H](O)C1O. The number of rotatable bonds is 4. The maximum Gasteiger partial charge on any atom is 0.109 e. The maximum atomic E-state index is 9.69. The minimum atomic E-state index is -1.18. The Balaban J connectivity index is 2.57. The summed E-state index contributed by atoms with van der Waals surface area (Å²) < 4.78 is 0. The molecule has 0 aromatic heterocycles. The number of hydrogen-bond donors (Lipinski definition) is 5. The van der Waals surface area contributed by atoms with Crippen LogP contribution in [0.3, 0.4) is 0 Å². The van der Waals surface area contributed by atoms with Crippen molar-refractivity contribution < 1.29 is 20.4 Å². The molecule has 5 nitrogen and oxygen atoms in total. The van der Waals surface area contributed by atoms with Crippen molar-refractivity contribution in [3.05, 3.63) is 0 Å². The minimum Gasteiger partial charge on any atom is -0.395 e. The summed E-state index contributed by atoms with van der Waals surface area (Å²) in [6, 6.07) is -0.800. The number of unbranched alkanes of at least 4 members (excludes halogenated alkanes) is 1. The van der Waals surface area contributed by atoms with Gasteiger partial charge < -0.3 is 25.7 Å². The van der Waals surface area contributed by atoms with Crippen molar-refractivity contribution in [3.8, 4) is 0 Å². The summed E-state index contributed by atoms with van der Waals surface area (Å²) >= 11 is 0. The highest BCUT2D eigenvalue weighted by Crippen LogP contribution is 2.18. The molecule has 1 saturated heterocycles. The van der Waals surface area contributed by atoms with Crippen LogP contribution >= 0.6 is 0 Å². The van der Waals surface area contributed by atoms with Crippen LogP contribution in [-0.2, 0) is 0 Å². The van der Waals surface area contributed by atoms with Gasteiger partial charge in [-0.15, -0.1) is 0 Å². The van der Waals surface area contributed by atoms with Gasteiger partial charge in [-0.2, -0.15) is 0 Å². The van der Waals surface area contributed by atoms with E-state index in [-0.39, 0.29) is 12.6 Å². The van der Waals surface area contributed by atoms with Gasteiger partial charge in [0.2, 0.25) is 0 Å². The van der Waals surface area contributed by atoms with E-state index in [1.54, 1.807) is 0 Å². The normalized spacial score (nSPS) is 41.8. The zero-order valence-corrected chi connectivity index (χ0v) is 9.00. The van der Waals surface area contributed by atoms with E-state index in [1.165, 1.54) is 0 Å². The average Bonchev–Trinajstić information content (AvgIpc) is 2.25. The minimum absolute atomic E-state index is 0.242. The number of hydrogen-bond acceptors (Lipinski definition) is 5. The Morgan fingerprint density at radius 3 is 2.13 bits per heavy atom. The zero-order chi connectivity index (χ0) is 11.4. The molecule has 1 aliphatic rings. The van der Waals surface area contributed by atoms with Crippen LogP contribution in [0.15, 0.2) is 0 Å². The smallest absolute Gasteiger partial charge is 0.109 e. The highest BCUT2D eigenvalue weighted by atomic mass is 16.4. The molecule has 0 spiro atoms. The first-order chi connectivity index (χ1) is 7.11. The van der Waals surface area contributed by atoms with Crippen molar-refractivity contribution in [2.24, 2.45) is 0 Å². The fraction of sp³-hybridized carbons (Fsp3) is 1.00. The van der Waals surface area contributed by atoms with E-state index in [1.807, 2.05) is 6.92 Å². The standard InChI is InChI=1S/C10H21NO4/c1-2-3-4-6-8(13)10(15)9(14)7(5-12)11-6/h6-15H,2-5H2,1H3/t6-,7?,8?,9-,10-/m0/s1. The topological polar surface area (TPSA) is 93.0 Å². The fourth-order valence-corrected chi connectivity index (χ4v) is 1.99. The molecule has 1 heterocycles. The Morgan fingerprint density at radius 1 is 1.00 bits per heavy atom. The van der Waals surface area contributed by atoms with Crippen molar-refractivity contribution in [1.82, 2.24) is 5.32 Å². The summed E-state index contributed by atoms with van der Waals surface area (Å²) in [6.07, 6.45) is -0.566. The molecule has 5 N–H and O–H groups in total. The lowest BCUT2D eigenvalue weighted by Crippen LogP contribution is -2.65. The van der Waals surface area contributed by atoms with Gasteiger partial charge in [0.05, 0.1) is 24.9 Å². The van der Waals surface area contributed by atoms with Crippen molar-refractivity contribution in [3.63, 3.8) is 0 Å². The molecule has 15 heavy (non-hydrogen) atoms. The third-order valence-corrected chi connectivity index (χ3v) is 3.02. The molecule has 0 aliphatic carbocycles. The predicted octanol–water partition coefficient (Wildman–Crippen LogP) is -1.41. The van der Waals surface area contributed by atoms with E-state index >= 15 is 0 Å². The molecule has 1 aliphatic heterocycles. The molecular weight excluding hydrogens is 198 g/mol. The molecule has 2 unspecified atom stereocenters. The Bertz CT molecular complexity index is 188. The highest BCUT2D eigenvalue weighted by Gasteiger charge is 2.41. The third-order valence-electron chi connectivity index (χ3n) is 3.02. The lowest BCUT2D eigenvalue weighted by molar-refractivity contribution is -0.120. The molecule has 0 aromatic carbocycles. The average molecular weight is 219 g/mol. The van der Waals surface area contributed by atoms with E-state index in [2.05, 4.69) is 5.32 Å². The molecule has 5 heteroatoms. The number of piperidine rings is 1. The van der Waals surface area contributed by atoms with Gasteiger partial charge >= 0.3 is 0 Å². The van der Waals surface area contributed by atoms with Crippen LogP contribution in [0, 0.1) is 0 Å². The summed E-state index contributed by atoms with van der Waals surface area (Å²) in [7, 11) is 0. The highest BCUT2D eigenvalue weighted by molar-refractivity contribution is 4.97. The molecule has 5 atom stereocenters. The number of aliphatic hydroxyl groups excluding tert-OH is 4. The Morgan fingerprint density at radius 2 is 1.60 bits per heavy atom. The van der Waals surface area contributed by atoms with Crippen LogP contribution in [0.2, 0.25) is 0 Å². The van der Waals surface area contributed by atoms with Crippen LogP contribution in [0.4, 0.5) is 0 Å². The van der Waals surface area contributed by atoms with Gasteiger partial charge in [-0.3, -0.25) is 0 Å². The van der Waals surface area contributed by atoms with Crippen LogP contribution < -0.4 is 5.32 Å². The Hall–Kier alpha value is -0.200. The second-order valence-corrected chi connectivity index (χ2v) is 4.18. The molecule has 0 amide bonds. The number of aliphatic hydroxyl groups is 4. The van der Waals surface area contributed by atoms with Crippen LogP contribution in [0.1, 0.15) is 26.2 Å². The van der Waals surface area contributed by atoms with E-state index in [9.17, 15) is 15.3 Å². The molecule has 0 saturated carbocycles. The van der Waals surface area contributed by atoms with E-state index in [4.69, 9.17) is 5.11 Å². The van der Waals surface area contributed by atoms with Crippen molar-refractivity contribution >= 4 is 0 Å². The summed E-state index contributed by atoms with van der Waals surface area (Å²) in [5, 5.41) is 40.7. The maximum absolute atomic E-state index is 9.69. The third kappa shape index (κ3) is 2.89. The quantitative estimate of drug-likeness (QED) is 0.401. The Kier molecular flexibility index (Phi) is 4.95. The molecule has 0 aromatic rings. The van der Waals surface area contributed by atoms with E-state index < -0.39 is 24.4 Å². The second kappa shape index (κ2) is 5.77. The molecule has 0 radical (unpaired) electrons. The van der Waals surface area contributed by atoms with Gasteiger partial charge in [0.15, 0.2) is 0 Å². The zero-order valence-electron chi connectivity index (χ0n) is 9.00. The number of nitrogens with one attached hydrogen (secondary N) is 1. The summed E-state index contributed by atoms with van der Waals surface area (Å²) in [5.74, 6) is 0. The fourth-order valence-electron chi connectivity index (χ4n) is 1.99. The van der Waals surface area contributed by atoms with Gasteiger partial charge in [0, 0.05) is 6.04 Å². The lowest BCUT2D eigenvalue weighted by atomic mass is 9.88. The molecule has 1 fully saturated rings. The second-order valence-electron chi connectivity index (χ2n) is 4.18. The van der Waals surface area contributed by atoms with Gasteiger partial charge in [0.25, 0.3) is 0 Å². The predicted molar refractivity (Wildman–Crippen MR) is 55.3 cm³/mol. The van der Waals surface area contributed by atoms with Crippen LogP contribution in [0.5, 0.6) is 0 Å². The largest absolute Gasteiger partial charge is 0.395 e. The van der Waals surface area contributed by atoms with Crippen LogP contribution in [0.25, 0.3) is 0 Å². The van der Waals surface area contributed by atoms with Crippen molar-refractivity contribution in [2.45, 2.75) is 56.6 Å². The summed E-state index contributed by atoms with van der Waals surface area (Å²) in [5.41, 5.74) is 0. The van der Waals surface area contributed by atoms with E-state index in [0.29, 0.717) is 0 Å². The van der Waals surface area contributed by atoms with Gasteiger partial charge in [-0.1, -0.05) is 19.8 Å². The van der Waals surface area contributed by atoms with Crippen molar-refractivity contribution in [1.29, 1.82) is 0 Å². The first-order valence-electron chi connectivity index (χ1n) is 5.53. The van der Waals surface area contributed by atoms with Gasteiger partial charge in [0.1, 0.15) is 6.10 Å². The summed E-state index contributed by atoms with van der Waals surface area (Å²) in [6.45, 7) is 1.80. The molecule has 1 rings (SSSR count). The first-order valence-corrected chi connectivity index (χ1v) is 5.53. The molecular formula is C10H21NO4. The van der Waals surface area contributed by atoms with Crippen molar-refractivity contribution in [2.75, 3.05) is 6.61 Å². The molecule has 90 valence electrons.